The number of hydrazine groups is 1. The Kier molecular flexibility index (Phi) is 13.4. The first-order valence-electron chi connectivity index (χ1n) is 11.0. The van der Waals surface area contributed by atoms with E-state index in [9.17, 15) is 4.79 Å². The molecule has 0 atom stereocenters. The molecule has 0 saturated heterocycles. The molecule has 2 heterocycles. The summed E-state index contributed by atoms with van der Waals surface area (Å²) in [5, 5.41) is 1.19. The maximum absolute atomic E-state index is 11.1. The predicted molar refractivity (Wildman–Crippen MR) is 145 cm³/mol. The van der Waals surface area contributed by atoms with Gasteiger partial charge in [0.2, 0.25) is 0 Å². The number of thiophene rings is 1. The van der Waals surface area contributed by atoms with Crippen molar-refractivity contribution in [2.75, 3.05) is 40.5 Å². The van der Waals surface area contributed by atoms with E-state index in [-0.39, 0.29) is 6.54 Å². The molecule has 11 heteroatoms. The molecule has 0 saturated carbocycles. The van der Waals surface area contributed by atoms with E-state index < -0.39 is 5.97 Å². The lowest BCUT2D eigenvalue weighted by Gasteiger charge is -2.13. The molecule has 0 aliphatic rings. The van der Waals surface area contributed by atoms with Gasteiger partial charge in [-0.25, -0.2) is 5.84 Å². The van der Waals surface area contributed by atoms with Gasteiger partial charge in [-0.05, 0) is 55.3 Å². The highest BCUT2D eigenvalue weighted by molar-refractivity contribution is 7.99. The zero-order valence-corrected chi connectivity index (χ0v) is 22.3. The summed E-state index contributed by atoms with van der Waals surface area (Å²) in [5.41, 5.74) is 8.57. The van der Waals surface area contributed by atoms with Crippen LogP contribution >= 0.6 is 23.3 Å². The highest BCUT2D eigenvalue weighted by Crippen LogP contribution is 2.31. The van der Waals surface area contributed by atoms with E-state index in [4.69, 9.17) is 21.1 Å². The molecule has 5 N–H and O–H groups in total. The second-order valence-electron chi connectivity index (χ2n) is 7.36. The summed E-state index contributed by atoms with van der Waals surface area (Å²) in [7, 11) is 2.97. The molecular formula is C25H33N5O4S2. The first-order chi connectivity index (χ1) is 17.4. The number of esters is 1. The fourth-order valence-corrected chi connectivity index (χ4v) is 4.45. The van der Waals surface area contributed by atoms with E-state index in [1.807, 2.05) is 54.6 Å². The van der Waals surface area contributed by atoms with Crippen LogP contribution in [-0.2, 0) is 14.3 Å². The van der Waals surface area contributed by atoms with Crippen LogP contribution in [0.1, 0.15) is 5.56 Å². The molecule has 0 amide bonds. The number of aryl methyl sites for hydroxylation is 1. The van der Waals surface area contributed by atoms with Crippen molar-refractivity contribution in [3.05, 3.63) is 78.3 Å². The molecule has 36 heavy (non-hydrogen) atoms. The second-order valence-corrected chi connectivity index (χ2v) is 9.64. The minimum Gasteiger partial charge on any atom is -0.491 e. The number of nitrogens with zero attached hydrogens (tertiary/aromatic N) is 2. The topological polar surface area (TPSA) is 125 Å². The second kappa shape index (κ2) is 16.6. The first-order valence-corrected chi connectivity index (χ1v) is 12.7. The molecule has 0 aliphatic heterocycles. The van der Waals surface area contributed by atoms with Gasteiger partial charge in [0.15, 0.2) is 0 Å². The Bertz CT molecular complexity index is 1060. The number of carbonyl (C=O) groups is 1. The summed E-state index contributed by atoms with van der Waals surface area (Å²) in [4.78, 5) is 16.5. The van der Waals surface area contributed by atoms with E-state index >= 15 is 0 Å². The number of benzene rings is 1. The number of methoxy groups -OCH3 is 2. The van der Waals surface area contributed by atoms with Gasteiger partial charge in [0.25, 0.3) is 0 Å². The van der Waals surface area contributed by atoms with E-state index in [1.54, 1.807) is 24.6 Å². The number of hydrogen-bond donors (Lipinski definition) is 3. The van der Waals surface area contributed by atoms with Gasteiger partial charge in [-0.2, -0.15) is 0 Å². The Morgan fingerprint density at radius 1 is 1.14 bits per heavy atom. The minimum atomic E-state index is -0.426. The average molecular weight is 532 g/mol. The number of rotatable bonds is 12. The monoisotopic (exact) mass is 531 g/mol. The van der Waals surface area contributed by atoms with Crippen LogP contribution in [0.2, 0.25) is 0 Å². The van der Waals surface area contributed by atoms with E-state index in [0.29, 0.717) is 25.5 Å². The third-order valence-corrected chi connectivity index (χ3v) is 6.42. The van der Waals surface area contributed by atoms with E-state index in [1.165, 1.54) is 35.8 Å². The van der Waals surface area contributed by atoms with Gasteiger partial charge in [-0.1, -0.05) is 23.8 Å². The zero-order chi connectivity index (χ0) is 26.2. The van der Waals surface area contributed by atoms with Gasteiger partial charge in [0.1, 0.15) is 18.9 Å². The molecule has 9 nitrogen and oxygen atoms in total. The molecule has 2 aromatic heterocycles. The Morgan fingerprint density at radius 2 is 1.92 bits per heavy atom. The Balaban J connectivity index is 0.000000319. The zero-order valence-electron chi connectivity index (χ0n) is 20.7. The maximum Gasteiger partial charge on any atom is 0.326 e. The number of nitrogens with one attached hydrogen (secondary N) is 1. The Labute approximate surface area is 220 Å². The lowest BCUT2D eigenvalue weighted by Crippen LogP contribution is -2.33. The lowest BCUT2D eigenvalue weighted by molar-refractivity contribution is -0.141. The van der Waals surface area contributed by atoms with Crippen molar-refractivity contribution >= 4 is 29.3 Å². The molecule has 194 valence electrons. The van der Waals surface area contributed by atoms with Gasteiger partial charge in [0.05, 0.1) is 28.5 Å². The molecule has 1 aromatic carbocycles. The lowest BCUT2D eigenvalue weighted by atomic mass is 10.2. The number of ether oxygens (including phenoxy) is 3. The summed E-state index contributed by atoms with van der Waals surface area (Å²) in [6, 6.07) is 17.9. The molecule has 0 spiro atoms. The summed E-state index contributed by atoms with van der Waals surface area (Å²) in [6.07, 6.45) is 3.27. The predicted octanol–water partition coefficient (Wildman–Crippen LogP) is 3.58. The number of aromatic nitrogens is 1. The third kappa shape index (κ3) is 11.6. The number of carbonyl (C=O) groups excluding carboxylic acids is 1. The van der Waals surface area contributed by atoms with Gasteiger partial charge in [-0.3, -0.25) is 14.5 Å². The fraction of sp³-hybridized carbons (Fsp3) is 0.280. The quantitative estimate of drug-likeness (QED) is 0.105. The SMILES string of the molecule is COC(=O)CN(N)/C=C(\N)CNSc1ccc(-c2ccccn2)s1.COCCOc1ccc(C)cc1. The van der Waals surface area contributed by atoms with Crippen molar-refractivity contribution in [2.24, 2.45) is 11.6 Å². The Hall–Kier alpha value is -3.09. The normalized spacial score (nSPS) is 10.8. The highest BCUT2D eigenvalue weighted by atomic mass is 32.2. The van der Waals surface area contributed by atoms with Crippen molar-refractivity contribution < 1.29 is 19.0 Å². The highest BCUT2D eigenvalue weighted by Gasteiger charge is 2.06. The smallest absolute Gasteiger partial charge is 0.326 e. The summed E-state index contributed by atoms with van der Waals surface area (Å²) >= 11 is 3.12. The molecule has 0 aliphatic carbocycles. The molecule has 3 aromatic rings. The van der Waals surface area contributed by atoms with Crippen LogP contribution in [-0.4, -0.2) is 56.5 Å². The summed E-state index contributed by atoms with van der Waals surface area (Å²) < 4.78 is 19.0. The van der Waals surface area contributed by atoms with Crippen molar-refractivity contribution in [1.82, 2.24) is 14.7 Å². The first kappa shape index (κ1) is 29.1. The molecular weight excluding hydrogens is 498 g/mol. The van der Waals surface area contributed by atoms with Crippen LogP contribution in [0.4, 0.5) is 0 Å². The average Bonchev–Trinajstić information content (AvgIpc) is 3.35. The van der Waals surface area contributed by atoms with Crippen molar-refractivity contribution in [3.63, 3.8) is 0 Å². The minimum absolute atomic E-state index is 0.0529. The fourth-order valence-electron chi connectivity index (χ4n) is 2.61. The Morgan fingerprint density at radius 3 is 2.58 bits per heavy atom. The number of nitrogens with two attached hydrogens (primary N) is 2. The van der Waals surface area contributed by atoms with Crippen LogP contribution in [0.5, 0.6) is 5.75 Å². The van der Waals surface area contributed by atoms with Crippen LogP contribution in [0.3, 0.4) is 0 Å². The molecule has 0 radical (unpaired) electrons. The molecule has 0 bridgehead atoms. The van der Waals surface area contributed by atoms with Crippen LogP contribution in [0.15, 0.2) is 76.9 Å². The van der Waals surface area contributed by atoms with E-state index in [0.717, 1.165) is 20.5 Å². The molecule has 0 fully saturated rings. The van der Waals surface area contributed by atoms with Crippen molar-refractivity contribution in [3.8, 4) is 16.3 Å². The van der Waals surface area contributed by atoms with Gasteiger partial charge >= 0.3 is 5.97 Å². The molecule has 3 rings (SSSR count). The van der Waals surface area contributed by atoms with E-state index in [2.05, 4.69) is 21.4 Å². The maximum atomic E-state index is 11.1. The summed E-state index contributed by atoms with van der Waals surface area (Å²) in [6.45, 7) is 3.67. The summed E-state index contributed by atoms with van der Waals surface area (Å²) in [5.74, 6) is 6.11. The van der Waals surface area contributed by atoms with Crippen molar-refractivity contribution in [2.45, 2.75) is 11.1 Å². The third-order valence-electron chi connectivity index (χ3n) is 4.40. The van der Waals surface area contributed by atoms with Gasteiger partial charge < -0.3 is 25.0 Å². The molecule has 0 unspecified atom stereocenters. The van der Waals surface area contributed by atoms with Crippen LogP contribution in [0, 0.1) is 6.92 Å². The van der Waals surface area contributed by atoms with Crippen LogP contribution < -0.4 is 21.0 Å². The van der Waals surface area contributed by atoms with Gasteiger partial charge in [-0.15, -0.1) is 11.3 Å². The number of pyridine rings is 1. The van der Waals surface area contributed by atoms with Crippen LogP contribution in [0.25, 0.3) is 10.6 Å². The van der Waals surface area contributed by atoms with Gasteiger partial charge in [0, 0.05) is 31.7 Å². The standard InChI is InChI=1S/C15H19N5O2S2.C10H14O2/c1-22-14(21)10-20(17)9-11(16)8-19-24-15-6-5-13(23-15)12-4-2-3-7-18-12;1-9-3-5-10(6-4-9)12-8-7-11-2/h2-7,9,19H,8,10,16-17H2,1H3;3-6H,7-8H2,1-2H3/b11-9-;. The van der Waals surface area contributed by atoms with Crippen molar-refractivity contribution in [1.29, 1.82) is 0 Å². The number of hydrogen-bond acceptors (Lipinski definition) is 11. The largest absolute Gasteiger partial charge is 0.491 e.